The molecule has 0 amide bonds. The van der Waals surface area contributed by atoms with Gasteiger partial charge in [-0.3, -0.25) is 14.1 Å². The Morgan fingerprint density at radius 1 is 1.04 bits per heavy atom. The second-order valence-electron chi connectivity index (χ2n) is 12.9. The average Bonchev–Trinajstić information content (AvgIpc) is 3.21. The molecule has 1 unspecified atom stereocenters. The Hall–Kier alpha value is -3.37. The van der Waals surface area contributed by atoms with Crippen molar-refractivity contribution in [1.29, 1.82) is 0 Å². The van der Waals surface area contributed by atoms with Crippen LogP contribution in [0.1, 0.15) is 64.5 Å². The van der Waals surface area contributed by atoms with Crippen LogP contribution in [0.15, 0.2) is 65.7 Å². The van der Waals surface area contributed by atoms with Gasteiger partial charge in [-0.1, -0.05) is 35.3 Å². The summed E-state index contributed by atoms with van der Waals surface area (Å²) in [5, 5.41) is 6.78. The minimum atomic E-state index is -4.26. The van der Waals surface area contributed by atoms with Gasteiger partial charge in [0.1, 0.15) is 12.1 Å². The van der Waals surface area contributed by atoms with Gasteiger partial charge in [-0.05, 0) is 120 Å². The maximum absolute atomic E-state index is 14.0. The number of aromatic nitrogens is 2. The third-order valence-corrected chi connectivity index (χ3v) is 10.5. The number of benzene rings is 2. The minimum absolute atomic E-state index is 0.122. The van der Waals surface area contributed by atoms with Crippen LogP contribution < -0.4 is 20.2 Å². The van der Waals surface area contributed by atoms with E-state index in [0.29, 0.717) is 11.6 Å². The average molecular weight is 682 g/mol. The van der Waals surface area contributed by atoms with E-state index in [-0.39, 0.29) is 14.9 Å². The van der Waals surface area contributed by atoms with Gasteiger partial charge in [0.2, 0.25) is 0 Å². The fraction of sp³-hybridized carbons (Fsp3) is 0.371. The lowest BCUT2D eigenvalue weighted by atomic mass is 9.95. The normalized spacial score (nSPS) is 17.2. The van der Waals surface area contributed by atoms with Crippen molar-refractivity contribution >= 4 is 67.6 Å². The summed E-state index contributed by atoms with van der Waals surface area (Å²) in [7, 11) is -4.26. The largest absolute Gasteiger partial charge is 0.459 e. The maximum Gasteiger partial charge on any atom is 0.327 e. The van der Waals surface area contributed by atoms with Crippen LogP contribution in [0.5, 0.6) is 0 Å². The molecule has 1 atom stereocenters. The zero-order chi connectivity index (χ0) is 32.6. The number of nitrogens with zero attached hydrogens (tertiary/aromatic N) is 3. The molecule has 2 aromatic carbocycles. The predicted molar refractivity (Wildman–Crippen MR) is 184 cm³/mol. The second-order valence-corrected chi connectivity index (χ2v) is 15.6. The maximum atomic E-state index is 14.0. The van der Waals surface area contributed by atoms with Crippen LogP contribution in [-0.2, 0) is 19.6 Å². The summed E-state index contributed by atoms with van der Waals surface area (Å²) < 4.78 is 36.8. The number of esters is 1. The van der Waals surface area contributed by atoms with Gasteiger partial charge >= 0.3 is 5.97 Å². The Morgan fingerprint density at radius 3 is 2.59 bits per heavy atom. The fourth-order valence-electron chi connectivity index (χ4n) is 6.27. The van der Waals surface area contributed by atoms with Gasteiger partial charge in [-0.2, -0.15) is 0 Å². The van der Waals surface area contributed by atoms with Gasteiger partial charge in [0.25, 0.3) is 10.0 Å². The van der Waals surface area contributed by atoms with Crippen LogP contribution in [0.25, 0.3) is 22.7 Å². The van der Waals surface area contributed by atoms with Gasteiger partial charge in [0.05, 0.1) is 21.4 Å². The van der Waals surface area contributed by atoms with E-state index in [1.54, 1.807) is 32.9 Å². The molecule has 0 bridgehead atoms. The molecule has 0 radical (unpaired) electrons. The molecule has 3 heterocycles. The van der Waals surface area contributed by atoms with Gasteiger partial charge in [-0.25, -0.2) is 8.42 Å². The molecule has 4 aromatic rings. The number of ether oxygens (including phenoxy) is 1. The Morgan fingerprint density at radius 2 is 1.83 bits per heavy atom. The first-order valence-corrected chi connectivity index (χ1v) is 17.8. The zero-order valence-corrected chi connectivity index (χ0v) is 28.6. The van der Waals surface area contributed by atoms with Crippen LogP contribution in [0.3, 0.4) is 0 Å². The molecule has 1 aliphatic heterocycles. The topological polar surface area (TPSA) is 93.5 Å². The van der Waals surface area contributed by atoms with Crippen LogP contribution in [0.4, 0.5) is 5.69 Å². The quantitative estimate of drug-likeness (QED) is 0.242. The number of carbonyl (C=O) groups is 1. The van der Waals surface area contributed by atoms with Crippen molar-refractivity contribution in [1.82, 2.24) is 14.9 Å². The molecule has 242 valence electrons. The number of pyridine rings is 1. The smallest absolute Gasteiger partial charge is 0.327 e. The lowest BCUT2D eigenvalue weighted by molar-refractivity contribution is -0.152. The van der Waals surface area contributed by atoms with E-state index in [2.05, 4.69) is 28.1 Å². The van der Waals surface area contributed by atoms with E-state index in [1.165, 1.54) is 18.2 Å². The molecule has 1 saturated heterocycles. The molecular formula is C35H38Cl2N4O4S. The van der Waals surface area contributed by atoms with E-state index in [4.69, 9.17) is 32.9 Å². The third kappa shape index (κ3) is 6.98. The van der Waals surface area contributed by atoms with Crippen LogP contribution in [0.2, 0.25) is 10.0 Å². The number of hydrogen-bond acceptors (Lipinski definition) is 6. The van der Waals surface area contributed by atoms with E-state index in [9.17, 15) is 13.2 Å². The van der Waals surface area contributed by atoms with E-state index in [0.717, 1.165) is 82.4 Å². The molecular weight excluding hydrogens is 643 g/mol. The summed E-state index contributed by atoms with van der Waals surface area (Å²) in [6, 6.07) is 15.8. The van der Waals surface area contributed by atoms with E-state index >= 15 is 0 Å². The van der Waals surface area contributed by atoms with Crippen molar-refractivity contribution in [3.8, 4) is 0 Å². The first-order chi connectivity index (χ1) is 21.9. The number of anilines is 1. The standard InChI is InChI=1S/C35H38Cl2N4O4S/c1-35(2,3)45-33(42)22-41(46(43,44)29-20-26(36)19-27(37)21-29)28-10-12-31-25(18-28)14-17-40(31)32-8-4-6-24-9-11-30(39-34(24)32)23-7-5-15-38-16-13-23/h6,9-12,14,17-21,23,38H,4-5,7-8,13,15-16,22H2,1-3H3. The van der Waals surface area contributed by atoms with E-state index in [1.807, 2.05) is 18.3 Å². The molecule has 2 aliphatic rings. The van der Waals surface area contributed by atoms with E-state index < -0.39 is 28.1 Å². The molecule has 6 rings (SSSR count). The van der Waals surface area contributed by atoms with Crippen molar-refractivity contribution < 1.29 is 17.9 Å². The van der Waals surface area contributed by atoms with Crippen LogP contribution in [-0.4, -0.2) is 49.2 Å². The lowest BCUT2D eigenvalue weighted by Gasteiger charge is -2.26. The molecule has 46 heavy (non-hydrogen) atoms. The SMILES string of the molecule is CC(C)(C)OC(=O)CN(c1ccc2c(ccn2C2=c3nc(C4CCCNCC4)ccc3=CCC2)c1)S(=O)(=O)c1cc(Cl)cc(Cl)c1. The highest BCUT2D eigenvalue weighted by Gasteiger charge is 2.30. The van der Waals surface area contributed by atoms with Crippen molar-refractivity contribution in [2.24, 2.45) is 0 Å². The van der Waals surface area contributed by atoms with Gasteiger partial charge in [-0.15, -0.1) is 0 Å². The summed E-state index contributed by atoms with van der Waals surface area (Å²) in [4.78, 5) is 18.1. The highest BCUT2D eigenvalue weighted by atomic mass is 35.5. The molecule has 8 nitrogen and oxygen atoms in total. The number of carbonyl (C=O) groups excluding carboxylic acids is 1. The summed E-state index contributed by atoms with van der Waals surface area (Å²) in [5.74, 6) is -0.251. The van der Waals surface area contributed by atoms with Crippen molar-refractivity contribution in [2.45, 2.75) is 69.3 Å². The number of fused-ring (bicyclic) bond motifs is 2. The monoisotopic (exact) mass is 680 g/mol. The Kier molecular flexibility index (Phi) is 9.22. The van der Waals surface area contributed by atoms with Gasteiger partial charge in [0.15, 0.2) is 0 Å². The highest BCUT2D eigenvalue weighted by molar-refractivity contribution is 7.92. The molecule has 0 saturated carbocycles. The van der Waals surface area contributed by atoms with Gasteiger partial charge in [0, 0.05) is 38.9 Å². The molecule has 2 aromatic heterocycles. The summed E-state index contributed by atoms with van der Waals surface area (Å²) in [6.45, 7) is 6.73. The minimum Gasteiger partial charge on any atom is -0.459 e. The van der Waals surface area contributed by atoms with Crippen molar-refractivity contribution in [3.05, 3.63) is 87.1 Å². The highest BCUT2D eigenvalue weighted by Crippen LogP contribution is 2.32. The molecule has 1 N–H and O–H groups in total. The first kappa shape index (κ1) is 32.6. The fourth-order valence-corrected chi connectivity index (χ4v) is 8.40. The van der Waals surface area contributed by atoms with Gasteiger partial charge < -0.3 is 14.6 Å². The number of halogens is 2. The number of sulfonamides is 1. The summed E-state index contributed by atoms with van der Waals surface area (Å²) in [6.07, 6.45) is 9.32. The first-order valence-electron chi connectivity index (χ1n) is 15.6. The van der Waals surface area contributed by atoms with Crippen LogP contribution in [0, 0.1) is 0 Å². The summed E-state index contributed by atoms with van der Waals surface area (Å²) >= 11 is 12.4. The van der Waals surface area contributed by atoms with Crippen molar-refractivity contribution in [2.75, 3.05) is 23.9 Å². The lowest BCUT2D eigenvalue weighted by Crippen LogP contribution is -2.39. The molecule has 1 fully saturated rings. The Bertz CT molecular complexity index is 2010. The number of nitrogens with one attached hydrogen (secondary N) is 1. The molecule has 11 heteroatoms. The van der Waals surface area contributed by atoms with Crippen LogP contribution >= 0.6 is 23.2 Å². The zero-order valence-electron chi connectivity index (χ0n) is 26.2. The Labute approximate surface area is 279 Å². The molecule has 1 aliphatic carbocycles. The summed E-state index contributed by atoms with van der Waals surface area (Å²) in [5.41, 5.74) is 2.69. The second kappa shape index (κ2) is 13.0. The predicted octanol–water partition coefficient (Wildman–Crippen LogP) is 5.97. The number of hydrogen-bond donors (Lipinski definition) is 1. The Balaban J connectivity index is 1.43. The third-order valence-electron chi connectivity index (χ3n) is 8.33. The van der Waals surface area contributed by atoms with Crippen molar-refractivity contribution in [3.63, 3.8) is 0 Å². The number of rotatable bonds is 7. The molecule has 0 spiro atoms.